The van der Waals surface area contributed by atoms with Gasteiger partial charge in [0.25, 0.3) is 11.8 Å². The van der Waals surface area contributed by atoms with Gasteiger partial charge >= 0.3 is 6.18 Å². The zero-order valence-corrected chi connectivity index (χ0v) is 24.8. The molecule has 45 heavy (non-hydrogen) atoms. The van der Waals surface area contributed by atoms with Gasteiger partial charge in [-0.25, -0.2) is 9.37 Å². The topological polar surface area (TPSA) is 80.1 Å². The lowest BCUT2D eigenvalue weighted by Crippen LogP contribution is -2.38. The van der Waals surface area contributed by atoms with Crippen molar-refractivity contribution in [2.24, 2.45) is 7.05 Å². The molecule has 1 aliphatic heterocycles. The second-order valence-corrected chi connectivity index (χ2v) is 11.7. The molecule has 5 aromatic rings. The maximum Gasteiger partial charge on any atom is 0.416 e. The number of anilines is 1. The van der Waals surface area contributed by atoms with Crippen LogP contribution >= 0.6 is 11.3 Å². The number of benzene rings is 3. The lowest BCUT2D eigenvalue weighted by atomic mass is 9.94. The molecule has 0 unspecified atom stereocenters. The van der Waals surface area contributed by atoms with Gasteiger partial charge in [0, 0.05) is 48.8 Å². The molecule has 1 saturated heterocycles. The minimum Gasteiger partial charge on any atom is -0.339 e. The van der Waals surface area contributed by atoms with Gasteiger partial charge in [0.1, 0.15) is 11.5 Å². The zero-order chi connectivity index (χ0) is 31.7. The molecule has 2 aromatic heterocycles. The second-order valence-electron chi connectivity index (χ2n) is 10.8. The van der Waals surface area contributed by atoms with E-state index in [1.807, 2.05) is 0 Å². The minimum absolute atomic E-state index is 0.0652. The highest BCUT2D eigenvalue weighted by molar-refractivity contribution is 7.10. The molecule has 6 rings (SSSR count). The molecular formula is C33H27F4N5O2S. The number of carbonyl (C=O) groups excluding carboxylic acids is 2. The van der Waals surface area contributed by atoms with Crippen molar-refractivity contribution in [3.05, 3.63) is 112 Å². The van der Waals surface area contributed by atoms with E-state index in [-0.39, 0.29) is 23.3 Å². The summed E-state index contributed by atoms with van der Waals surface area (Å²) in [5, 5.41) is 9.66. The predicted octanol–water partition coefficient (Wildman–Crippen LogP) is 7.64. The highest BCUT2D eigenvalue weighted by atomic mass is 32.1. The third-order valence-electron chi connectivity index (χ3n) is 7.78. The Morgan fingerprint density at radius 1 is 0.911 bits per heavy atom. The van der Waals surface area contributed by atoms with Gasteiger partial charge in [0.05, 0.1) is 10.6 Å². The number of likely N-dealkylation sites (tertiary alicyclic amines) is 1. The number of piperidine rings is 1. The molecule has 0 radical (unpaired) electrons. The van der Waals surface area contributed by atoms with Gasteiger partial charge in [-0.3, -0.25) is 14.3 Å². The summed E-state index contributed by atoms with van der Waals surface area (Å²) in [6.45, 7) is 0.946. The minimum atomic E-state index is -4.44. The van der Waals surface area contributed by atoms with Crippen molar-refractivity contribution < 1.29 is 27.2 Å². The number of thiazole rings is 1. The van der Waals surface area contributed by atoms with E-state index in [2.05, 4.69) is 15.4 Å². The largest absolute Gasteiger partial charge is 0.416 e. The molecule has 1 fully saturated rings. The van der Waals surface area contributed by atoms with E-state index in [1.165, 1.54) is 35.6 Å². The molecule has 0 spiro atoms. The number of halogens is 4. The lowest BCUT2D eigenvalue weighted by Gasteiger charge is -2.31. The number of aromatic nitrogens is 3. The smallest absolute Gasteiger partial charge is 0.339 e. The number of alkyl halides is 3. The third kappa shape index (κ3) is 6.51. The average Bonchev–Trinajstić information content (AvgIpc) is 3.68. The van der Waals surface area contributed by atoms with E-state index in [4.69, 9.17) is 0 Å². The molecule has 0 atom stereocenters. The van der Waals surface area contributed by atoms with Crippen molar-refractivity contribution >= 4 is 29.0 Å². The summed E-state index contributed by atoms with van der Waals surface area (Å²) in [5.74, 6) is -0.550. The van der Waals surface area contributed by atoms with Crippen LogP contribution in [-0.2, 0) is 13.2 Å². The van der Waals surface area contributed by atoms with Gasteiger partial charge in [0.15, 0.2) is 5.82 Å². The first-order valence-electron chi connectivity index (χ1n) is 14.2. The summed E-state index contributed by atoms with van der Waals surface area (Å²) in [6.07, 6.45) is -1.39. The molecule has 3 heterocycles. The average molecular weight is 634 g/mol. The van der Waals surface area contributed by atoms with Crippen LogP contribution in [-0.4, -0.2) is 44.6 Å². The molecule has 12 heteroatoms. The maximum atomic E-state index is 13.5. The summed E-state index contributed by atoms with van der Waals surface area (Å²) in [6, 6.07) is 17.7. The predicted molar refractivity (Wildman–Crippen MR) is 163 cm³/mol. The van der Waals surface area contributed by atoms with Gasteiger partial charge < -0.3 is 10.2 Å². The van der Waals surface area contributed by atoms with Crippen molar-refractivity contribution in [1.82, 2.24) is 19.7 Å². The van der Waals surface area contributed by atoms with E-state index < -0.39 is 17.6 Å². The normalized spacial score (nSPS) is 14.0. The number of aryl methyl sites for hydroxylation is 1. The fourth-order valence-corrected chi connectivity index (χ4v) is 6.40. The molecule has 2 amide bonds. The van der Waals surface area contributed by atoms with Crippen LogP contribution in [0, 0.1) is 5.82 Å². The molecule has 1 aliphatic rings. The van der Waals surface area contributed by atoms with Crippen molar-refractivity contribution in [3.63, 3.8) is 0 Å². The number of carbonyl (C=O) groups is 2. The van der Waals surface area contributed by atoms with Gasteiger partial charge in [-0.15, -0.1) is 11.3 Å². The second kappa shape index (κ2) is 12.3. The number of hydrogen-bond acceptors (Lipinski definition) is 5. The van der Waals surface area contributed by atoms with Crippen molar-refractivity contribution in [2.45, 2.75) is 24.9 Å². The third-order valence-corrected chi connectivity index (χ3v) is 8.79. The van der Waals surface area contributed by atoms with Crippen LogP contribution in [0.3, 0.4) is 0 Å². The van der Waals surface area contributed by atoms with E-state index in [0.717, 1.165) is 17.1 Å². The van der Waals surface area contributed by atoms with Crippen LogP contribution in [0.2, 0.25) is 0 Å². The summed E-state index contributed by atoms with van der Waals surface area (Å²) >= 11 is 1.39. The highest BCUT2D eigenvalue weighted by Gasteiger charge is 2.31. The molecule has 0 bridgehead atoms. The Balaban J connectivity index is 1.10. The first-order chi connectivity index (χ1) is 21.6. The quantitative estimate of drug-likeness (QED) is 0.195. The molecule has 0 aliphatic carbocycles. The molecular weight excluding hydrogens is 606 g/mol. The van der Waals surface area contributed by atoms with Crippen molar-refractivity contribution in [3.8, 4) is 22.3 Å². The first kappa shape index (κ1) is 30.2. The molecule has 7 nitrogen and oxygen atoms in total. The van der Waals surface area contributed by atoms with E-state index in [9.17, 15) is 27.2 Å². The standard InChI is InChI=1S/C33H27F4N5O2S/c1-41-18-27(21-8-12-24(34)13-9-21)29(40-41)39-30(43)28-19-45-31(38-28)22-14-16-42(17-15-22)32(44)26-5-3-2-4-25(26)20-6-10-23(11-7-20)33(35,36)37/h2-13,18-19,22H,14-17H2,1H3,(H,39,40,43). The molecule has 0 saturated carbocycles. The lowest BCUT2D eigenvalue weighted by molar-refractivity contribution is -0.137. The van der Waals surface area contributed by atoms with Crippen LogP contribution in [0.15, 0.2) is 84.4 Å². The highest BCUT2D eigenvalue weighted by Crippen LogP contribution is 2.35. The number of rotatable bonds is 6. The summed E-state index contributed by atoms with van der Waals surface area (Å²) < 4.78 is 54.1. The van der Waals surface area contributed by atoms with Gasteiger partial charge in [-0.05, 0) is 59.9 Å². The van der Waals surface area contributed by atoms with E-state index >= 15 is 0 Å². The number of nitrogens with zero attached hydrogens (tertiary/aromatic N) is 4. The Hall–Kier alpha value is -4.84. The maximum absolute atomic E-state index is 13.5. The Bertz CT molecular complexity index is 1840. The summed E-state index contributed by atoms with van der Waals surface area (Å²) in [4.78, 5) is 33.0. The van der Waals surface area contributed by atoms with Crippen molar-refractivity contribution in [2.75, 3.05) is 18.4 Å². The number of hydrogen-bond donors (Lipinski definition) is 1. The number of amides is 2. The van der Waals surface area contributed by atoms with E-state index in [0.29, 0.717) is 59.6 Å². The van der Waals surface area contributed by atoms with E-state index in [1.54, 1.807) is 64.6 Å². The van der Waals surface area contributed by atoms with Crippen LogP contribution in [0.4, 0.5) is 23.4 Å². The summed E-state index contributed by atoms with van der Waals surface area (Å²) in [7, 11) is 1.73. The monoisotopic (exact) mass is 633 g/mol. The van der Waals surface area contributed by atoms with Crippen LogP contribution < -0.4 is 5.32 Å². The Kier molecular flexibility index (Phi) is 8.24. The molecule has 3 aromatic carbocycles. The van der Waals surface area contributed by atoms with Gasteiger partial charge in [-0.1, -0.05) is 42.5 Å². The Morgan fingerprint density at radius 3 is 2.24 bits per heavy atom. The zero-order valence-electron chi connectivity index (χ0n) is 24.0. The Morgan fingerprint density at radius 2 is 1.56 bits per heavy atom. The summed E-state index contributed by atoms with van der Waals surface area (Å²) in [5.41, 5.74) is 2.41. The number of nitrogens with one attached hydrogen (secondary N) is 1. The van der Waals surface area contributed by atoms with Crippen molar-refractivity contribution in [1.29, 1.82) is 0 Å². The van der Waals surface area contributed by atoms with Crippen LogP contribution in [0.25, 0.3) is 22.3 Å². The SMILES string of the molecule is Cn1cc(-c2ccc(F)cc2)c(NC(=O)c2csc(C3CCN(C(=O)c4ccccc4-c4ccc(C(F)(F)F)cc4)CC3)n2)n1. The molecule has 1 N–H and O–H groups in total. The molecule has 230 valence electrons. The van der Waals surface area contributed by atoms with Crippen LogP contribution in [0.1, 0.15) is 50.2 Å². The van der Waals surface area contributed by atoms with Crippen LogP contribution in [0.5, 0.6) is 0 Å². The fraction of sp³-hybridized carbons (Fsp3) is 0.212. The van der Waals surface area contributed by atoms with Gasteiger partial charge in [0.2, 0.25) is 0 Å². The van der Waals surface area contributed by atoms with Gasteiger partial charge in [-0.2, -0.15) is 18.3 Å². The fourth-order valence-electron chi connectivity index (χ4n) is 5.43. The first-order valence-corrected chi connectivity index (χ1v) is 15.1. The Labute approximate surface area is 260 Å².